The van der Waals surface area contributed by atoms with Crippen molar-refractivity contribution >= 4 is 5.97 Å². The van der Waals surface area contributed by atoms with Crippen molar-refractivity contribution in [1.82, 2.24) is 0 Å². The summed E-state index contributed by atoms with van der Waals surface area (Å²) < 4.78 is 17.5. The van der Waals surface area contributed by atoms with Crippen LogP contribution < -0.4 is 9.47 Å². The lowest BCUT2D eigenvalue weighted by atomic mass is 9.93. The highest BCUT2D eigenvalue weighted by atomic mass is 16.5. The van der Waals surface area contributed by atoms with Crippen molar-refractivity contribution in [1.29, 1.82) is 0 Å². The van der Waals surface area contributed by atoms with Gasteiger partial charge in [0.05, 0.1) is 5.92 Å². The highest BCUT2D eigenvalue weighted by Gasteiger charge is 2.21. The average Bonchev–Trinajstić information content (AvgIpc) is 2.85. The molecule has 0 amide bonds. The van der Waals surface area contributed by atoms with Crippen LogP contribution in [0.5, 0.6) is 11.5 Å². The van der Waals surface area contributed by atoms with E-state index in [0.29, 0.717) is 49.9 Å². The van der Waals surface area contributed by atoms with E-state index in [1.807, 2.05) is 85.8 Å². The third-order valence-electron chi connectivity index (χ3n) is 5.38. The van der Waals surface area contributed by atoms with Crippen LogP contribution in [0.15, 0.2) is 78.9 Å². The molecule has 1 atom stereocenters. The molecule has 0 aliphatic carbocycles. The molecule has 0 aromatic heterocycles. The van der Waals surface area contributed by atoms with Gasteiger partial charge in [-0.15, -0.1) is 0 Å². The summed E-state index contributed by atoms with van der Waals surface area (Å²) >= 11 is 0. The molecule has 3 aromatic carbocycles. The summed E-state index contributed by atoms with van der Waals surface area (Å²) in [5.74, 6) is -0.292. The molecule has 3 rings (SSSR count). The first kappa shape index (κ1) is 24.3. The van der Waals surface area contributed by atoms with E-state index >= 15 is 0 Å². The van der Waals surface area contributed by atoms with Gasteiger partial charge in [-0.2, -0.15) is 0 Å². The van der Waals surface area contributed by atoms with E-state index < -0.39 is 11.9 Å². The molecule has 5 nitrogen and oxygen atoms in total. The van der Waals surface area contributed by atoms with Crippen LogP contribution in [0.3, 0.4) is 0 Å². The lowest BCUT2D eigenvalue weighted by molar-refractivity contribution is -0.139. The smallest absolute Gasteiger partial charge is 0.310 e. The van der Waals surface area contributed by atoms with Crippen molar-refractivity contribution in [2.75, 3.05) is 13.2 Å². The number of carboxylic acids is 1. The zero-order valence-electron chi connectivity index (χ0n) is 19.1. The number of carboxylic acid groups (broad SMARTS) is 1. The fraction of sp³-hybridized carbons (Fsp3) is 0.321. The molecule has 0 bridgehead atoms. The molecule has 0 spiro atoms. The Morgan fingerprint density at radius 2 is 1.42 bits per heavy atom. The van der Waals surface area contributed by atoms with Gasteiger partial charge >= 0.3 is 5.97 Å². The number of hydrogen-bond acceptors (Lipinski definition) is 4. The molecule has 0 heterocycles. The summed E-state index contributed by atoms with van der Waals surface area (Å²) in [6, 6.07) is 25.2. The molecule has 5 heteroatoms. The summed E-state index contributed by atoms with van der Waals surface area (Å²) in [6.07, 6.45) is 2.17. The number of aliphatic carboxylic acids is 1. The summed E-state index contributed by atoms with van der Waals surface area (Å²) in [4.78, 5) is 12.0. The van der Waals surface area contributed by atoms with E-state index in [-0.39, 0.29) is 0 Å². The number of ether oxygens (including phenoxy) is 3. The number of carbonyl (C=O) groups is 1. The zero-order valence-corrected chi connectivity index (χ0v) is 19.1. The molecule has 3 aromatic rings. The van der Waals surface area contributed by atoms with Crippen molar-refractivity contribution in [3.63, 3.8) is 0 Å². The van der Waals surface area contributed by atoms with Gasteiger partial charge in [0.1, 0.15) is 13.2 Å². The molecule has 0 saturated heterocycles. The van der Waals surface area contributed by atoms with Crippen LogP contribution >= 0.6 is 0 Å². The maximum Gasteiger partial charge on any atom is 0.310 e. The number of unbranched alkanes of at least 4 members (excludes halogenated alkanes) is 1. The largest absolute Gasteiger partial charge is 0.485 e. The first-order valence-electron chi connectivity index (χ1n) is 11.4. The first-order valence-corrected chi connectivity index (χ1v) is 11.4. The Hall–Kier alpha value is -3.31. The van der Waals surface area contributed by atoms with E-state index in [4.69, 9.17) is 14.2 Å². The molecule has 174 valence electrons. The molecule has 0 fully saturated rings. The second-order valence-electron chi connectivity index (χ2n) is 7.84. The monoisotopic (exact) mass is 448 g/mol. The van der Waals surface area contributed by atoms with E-state index in [2.05, 4.69) is 0 Å². The van der Waals surface area contributed by atoms with Crippen LogP contribution in [0.4, 0.5) is 0 Å². The Morgan fingerprint density at radius 1 is 0.818 bits per heavy atom. The Bertz CT molecular complexity index is 972. The third kappa shape index (κ3) is 7.95. The first-order chi connectivity index (χ1) is 16.2. The van der Waals surface area contributed by atoms with Crippen molar-refractivity contribution in [2.24, 2.45) is 0 Å². The van der Waals surface area contributed by atoms with Crippen LogP contribution in [0.1, 0.15) is 48.8 Å². The van der Waals surface area contributed by atoms with Crippen molar-refractivity contribution in [3.8, 4) is 11.5 Å². The molecule has 0 saturated carbocycles. The van der Waals surface area contributed by atoms with Gasteiger partial charge in [0.2, 0.25) is 0 Å². The lowest BCUT2D eigenvalue weighted by Crippen LogP contribution is -2.12. The Kier molecular flexibility index (Phi) is 9.80. The standard InChI is InChI=1S/C28H32O5/c1-2-31-18-10-9-15-25(28(29)30)24-16-17-26(32-20-22-11-5-3-6-12-22)27(19-24)33-21-23-13-7-4-8-14-23/h3-8,11-14,16-17,19,25H,2,9-10,15,18,20-21H2,1H3,(H,29,30). The highest BCUT2D eigenvalue weighted by molar-refractivity contribution is 5.76. The Labute approximate surface area is 195 Å². The zero-order chi connectivity index (χ0) is 23.3. The highest BCUT2D eigenvalue weighted by Crippen LogP contribution is 2.34. The lowest BCUT2D eigenvalue weighted by Gasteiger charge is -2.18. The summed E-state index contributed by atoms with van der Waals surface area (Å²) in [5.41, 5.74) is 2.80. The summed E-state index contributed by atoms with van der Waals surface area (Å²) in [5, 5.41) is 9.85. The van der Waals surface area contributed by atoms with Crippen molar-refractivity contribution in [3.05, 3.63) is 95.6 Å². The summed E-state index contributed by atoms with van der Waals surface area (Å²) in [6.45, 7) is 4.06. The van der Waals surface area contributed by atoms with Crippen molar-refractivity contribution < 1.29 is 24.1 Å². The van der Waals surface area contributed by atoms with Gasteiger partial charge in [-0.05, 0) is 55.0 Å². The number of hydrogen-bond donors (Lipinski definition) is 1. The molecule has 0 aliphatic heterocycles. The molecular formula is C28H32O5. The van der Waals surface area contributed by atoms with Crippen LogP contribution in [0, 0.1) is 0 Å². The molecule has 0 aliphatic rings. The molecule has 1 N–H and O–H groups in total. The maximum atomic E-state index is 12.0. The van der Waals surface area contributed by atoms with Gasteiger partial charge < -0.3 is 19.3 Å². The topological polar surface area (TPSA) is 65.0 Å². The fourth-order valence-electron chi connectivity index (χ4n) is 3.57. The number of benzene rings is 3. The molecular weight excluding hydrogens is 416 g/mol. The van der Waals surface area contributed by atoms with E-state index in [1.54, 1.807) is 0 Å². The maximum absolute atomic E-state index is 12.0. The average molecular weight is 449 g/mol. The minimum atomic E-state index is -0.835. The predicted molar refractivity (Wildman–Crippen MR) is 129 cm³/mol. The Morgan fingerprint density at radius 3 is 2.00 bits per heavy atom. The van der Waals surface area contributed by atoms with E-state index in [0.717, 1.165) is 24.0 Å². The van der Waals surface area contributed by atoms with Crippen LogP contribution in [-0.4, -0.2) is 24.3 Å². The molecule has 33 heavy (non-hydrogen) atoms. The molecule has 1 unspecified atom stereocenters. The second-order valence-corrected chi connectivity index (χ2v) is 7.84. The Balaban J connectivity index is 1.76. The van der Waals surface area contributed by atoms with Crippen molar-refractivity contribution in [2.45, 2.75) is 45.3 Å². The van der Waals surface area contributed by atoms with Gasteiger partial charge in [0.25, 0.3) is 0 Å². The van der Waals surface area contributed by atoms with Gasteiger partial charge in [0.15, 0.2) is 11.5 Å². The minimum Gasteiger partial charge on any atom is -0.485 e. The van der Waals surface area contributed by atoms with Crippen LogP contribution in [0.25, 0.3) is 0 Å². The molecule has 0 radical (unpaired) electrons. The number of rotatable bonds is 14. The second kappa shape index (κ2) is 13.3. The fourth-order valence-corrected chi connectivity index (χ4v) is 3.57. The van der Waals surface area contributed by atoms with E-state index in [9.17, 15) is 9.90 Å². The van der Waals surface area contributed by atoms with Gasteiger partial charge in [-0.1, -0.05) is 66.7 Å². The quantitative estimate of drug-likeness (QED) is 0.297. The van der Waals surface area contributed by atoms with Gasteiger partial charge in [0, 0.05) is 13.2 Å². The van der Waals surface area contributed by atoms with Crippen LogP contribution in [0.2, 0.25) is 0 Å². The van der Waals surface area contributed by atoms with Gasteiger partial charge in [-0.3, -0.25) is 4.79 Å². The SMILES string of the molecule is CCOCCCCC(C(=O)O)c1ccc(OCc2ccccc2)c(OCc2ccccc2)c1. The minimum absolute atomic E-state index is 0.373. The predicted octanol–water partition coefficient (Wildman–Crippen LogP) is 6.22. The van der Waals surface area contributed by atoms with E-state index in [1.165, 1.54) is 0 Å². The summed E-state index contributed by atoms with van der Waals surface area (Å²) in [7, 11) is 0. The van der Waals surface area contributed by atoms with Crippen LogP contribution in [-0.2, 0) is 22.7 Å². The third-order valence-corrected chi connectivity index (χ3v) is 5.38. The van der Waals surface area contributed by atoms with Gasteiger partial charge in [-0.25, -0.2) is 0 Å². The normalized spacial score (nSPS) is 11.7.